The zero-order valence-electron chi connectivity index (χ0n) is 13.6. The topological polar surface area (TPSA) is 67.1 Å². The molecule has 0 aliphatic rings. The van der Waals surface area contributed by atoms with Crippen LogP contribution in [0.5, 0.6) is 0 Å². The van der Waals surface area contributed by atoms with Gasteiger partial charge in [0.05, 0.1) is 12.6 Å². The van der Waals surface area contributed by atoms with Crippen LogP contribution in [0.4, 0.5) is 0 Å². The Morgan fingerprint density at radius 2 is 2.09 bits per heavy atom. The number of hydrogen-bond acceptors (Lipinski definition) is 3. The van der Waals surface area contributed by atoms with Crippen LogP contribution in [0.15, 0.2) is 23.2 Å². The van der Waals surface area contributed by atoms with Gasteiger partial charge in [0.1, 0.15) is 5.82 Å². The van der Waals surface area contributed by atoms with Crippen LogP contribution >= 0.6 is 23.2 Å². The summed E-state index contributed by atoms with van der Waals surface area (Å²) in [5.41, 5.74) is 0.952. The zero-order valence-corrected chi connectivity index (χ0v) is 15.1. The van der Waals surface area contributed by atoms with Crippen LogP contribution in [0.1, 0.15) is 30.2 Å². The summed E-state index contributed by atoms with van der Waals surface area (Å²) in [7, 11) is 3.64. The average Bonchev–Trinajstić information content (AvgIpc) is 2.82. The number of nitrogens with zero attached hydrogens (tertiary/aromatic N) is 4. The molecule has 1 atom stereocenters. The third-order valence-corrected chi connectivity index (χ3v) is 4.16. The van der Waals surface area contributed by atoms with Crippen LogP contribution in [0.25, 0.3) is 0 Å². The fourth-order valence-electron chi connectivity index (χ4n) is 2.10. The average molecular weight is 355 g/mol. The molecule has 0 spiro atoms. The summed E-state index contributed by atoms with van der Waals surface area (Å²) < 4.78 is 1.93. The van der Waals surface area contributed by atoms with Gasteiger partial charge >= 0.3 is 0 Å². The lowest BCUT2D eigenvalue weighted by molar-refractivity contribution is 0.668. The van der Waals surface area contributed by atoms with Crippen molar-refractivity contribution in [1.29, 1.82) is 0 Å². The molecule has 1 unspecified atom stereocenters. The number of hydrogen-bond donors (Lipinski definition) is 2. The molecular formula is C15H20Cl2N6. The molecule has 1 aromatic heterocycles. The fourth-order valence-corrected chi connectivity index (χ4v) is 2.67. The molecule has 0 radical (unpaired) electrons. The van der Waals surface area contributed by atoms with Crippen molar-refractivity contribution in [3.8, 4) is 0 Å². The molecule has 0 amide bonds. The Labute approximate surface area is 145 Å². The molecule has 6 nitrogen and oxygen atoms in total. The summed E-state index contributed by atoms with van der Waals surface area (Å²) in [6.45, 7) is 4.45. The van der Waals surface area contributed by atoms with Crippen LogP contribution in [0, 0.1) is 6.92 Å². The Hall–Kier alpha value is -1.79. The Morgan fingerprint density at radius 3 is 2.65 bits per heavy atom. The number of aromatic nitrogens is 3. The van der Waals surface area contributed by atoms with Crippen molar-refractivity contribution in [3.05, 3.63) is 45.5 Å². The van der Waals surface area contributed by atoms with Crippen molar-refractivity contribution in [1.82, 2.24) is 25.4 Å². The molecule has 2 aromatic rings. The van der Waals surface area contributed by atoms with Gasteiger partial charge in [0.25, 0.3) is 0 Å². The first kappa shape index (κ1) is 17.6. The van der Waals surface area contributed by atoms with Gasteiger partial charge in [0.15, 0.2) is 11.8 Å². The van der Waals surface area contributed by atoms with E-state index in [2.05, 4.69) is 25.8 Å². The summed E-state index contributed by atoms with van der Waals surface area (Å²) in [4.78, 5) is 4.22. The van der Waals surface area contributed by atoms with Crippen LogP contribution in [0.2, 0.25) is 10.0 Å². The molecule has 1 aromatic carbocycles. The second kappa shape index (κ2) is 7.66. The molecule has 0 saturated carbocycles. The molecule has 1 heterocycles. The number of guanidine groups is 1. The highest BCUT2D eigenvalue weighted by Crippen LogP contribution is 2.25. The third-order valence-electron chi connectivity index (χ3n) is 3.60. The van der Waals surface area contributed by atoms with Crippen LogP contribution < -0.4 is 10.6 Å². The van der Waals surface area contributed by atoms with Crippen molar-refractivity contribution in [2.24, 2.45) is 12.0 Å². The number of nitrogens with one attached hydrogen (secondary N) is 2. The summed E-state index contributed by atoms with van der Waals surface area (Å²) >= 11 is 12.2. The van der Waals surface area contributed by atoms with Crippen LogP contribution in [0.3, 0.4) is 0 Å². The van der Waals surface area contributed by atoms with Gasteiger partial charge in [-0.15, -0.1) is 10.2 Å². The first-order valence-corrected chi connectivity index (χ1v) is 7.95. The van der Waals surface area contributed by atoms with Gasteiger partial charge in [0, 0.05) is 24.1 Å². The SMILES string of the molecule is CN=C(NCc1nnc(C)n1C)NC(C)c1ccc(Cl)cc1Cl. The predicted molar refractivity (Wildman–Crippen MR) is 94.0 cm³/mol. The molecule has 8 heteroatoms. The van der Waals surface area contributed by atoms with E-state index >= 15 is 0 Å². The first-order chi connectivity index (χ1) is 10.9. The van der Waals surface area contributed by atoms with Crippen LogP contribution in [-0.4, -0.2) is 27.8 Å². The van der Waals surface area contributed by atoms with Crippen molar-refractivity contribution in [2.75, 3.05) is 7.05 Å². The van der Waals surface area contributed by atoms with Gasteiger partial charge in [0.2, 0.25) is 0 Å². The van der Waals surface area contributed by atoms with Crippen molar-refractivity contribution >= 4 is 29.2 Å². The Bertz CT molecular complexity index is 710. The zero-order chi connectivity index (χ0) is 17.0. The molecule has 23 heavy (non-hydrogen) atoms. The highest BCUT2D eigenvalue weighted by atomic mass is 35.5. The van der Waals surface area contributed by atoms with Gasteiger partial charge in [-0.25, -0.2) is 0 Å². The molecule has 0 fully saturated rings. The lowest BCUT2D eigenvalue weighted by Gasteiger charge is -2.19. The van der Waals surface area contributed by atoms with Gasteiger partial charge < -0.3 is 15.2 Å². The highest BCUT2D eigenvalue weighted by Gasteiger charge is 2.12. The molecule has 124 valence electrons. The summed E-state index contributed by atoms with van der Waals surface area (Å²) in [6.07, 6.45) is 0. The highest BCUT2D eigenvalue weighted by molar-refractivity contribution is 6.35. The van der Waals surface area contributed by atoms with E-state index in [-0.39, 0.29) is 6.04 Å². The first-order valence-electron chi connectivity index (χ1n) is 7.19. The number of aryl methyl sites for hydroxylation is 1. The molecule has 0 aliphatic heterocycles. The van der Waals surface area contributed by atoms with Gasteiger partial charge in [-0.1, -0.05) is 29.3 Å². The molecule has 0 saturated heterocycles. The third kappa shape index (κ3) is 4.36. The summed E-state index contributed by atoms with van der Waals surface area (Å²) in [5.74, 6) is 2.36. The quantitative estimate of drug-likeness (QED) is 0.654. The van der Waals surface area contributed by atoms with Crippen LogP contribution in [-0.2, 0) is 13.6 Å². The second-order valence-electron chi connectivity index (χ2n) is 5.18. The van der Waals surface area contributed by atoms with E-state index in [4.69, 9.17) is 23.2 Å². The summed E-state index contributed by atoms with van der Waals surface area (Å²) in [6, 6.07) is 5.43. The minimum absolute atomic E-state index is 0.0211. The number of benzene rings is 1. The maximum Gasteiger partial charge on any atom is 0.191 e. The van der Waals surface area contributed by atoms with Gasteiger partial charge in [-0.05, 0) is 31.5 Å². The largest absolute Gasteiger partial charge is 0.350 e. The smallest absolute Gasteiger partial charge is 0.191 e. The van der Waals surface area contributed by atoms with E-state index in [1.165, 1.54) is 0 Å². The van der Waals surface area contributed by atoms with E-state index < -0.39 is 0 Å². The van der Waals surface area contributed by atoms with E-state index in [9.17, 15) is 0 Å². The molecule has 2 rings (SSSR count). The lowest BCUT2D eigenvalue weighted by atomic mass is 10.1. The molecule has 0 aliphatic carbocycles. The van der Waals surface area contributed by atoms with E-state index in [0.29, 0.717) is 22.5 Å². The van der Waals surface area contributed by atoms with Gasteiger partial charge in [-0.2, -0.15) is 0 Å². The fraction of sp³-hybridized carbons (Fsp3) is 0.400. The summed E-state index contributed by atoms with van der Waals surface area (Å²) in [5, 5.41) is 15.9. The minimum Gasteiger partial charge on any atom is -0.350 e. The van der Waals surface area contributed by atoms with E-state index in [1.807, 2.05) is 37.6 Å². The standard InChI is InChI=1S/C15H20Cl2N6/c1-9(12-6-5-11(16)7-13(12)17)20-15(18-3)19-8-14-22-21-10(2)23(14)4/h5-7,9H,8H2,1-4H3,(H2,18,19,20). The van der Waals surface area contributed by atoms with Gasteiger partial charge in [-0.3, -0.25) is 4.99 Å². The Morgan fingerprint density at radius 1 is 1.35 bits per heavy atom. The number of halogens is 2. The Kier molecular flexibility index (Phi) is 5.85. The predicted octanol–water partition coefficient (Wildman–Crippen LogP) is 2.86. The number of aliphatic imine (C=N–C) groups is 1. The van der Waals surface area contributed by atoms with Crippen molar-refractivity contribution in [3.63, 3.8) is 0 Å². The van der Waals surface area contributed by atoms with E-state index in [1.54, 1.807) is 13.1 Å². The van der Waals surface area contributed by atoms with Crippen molar-refractivity contribution in [2.45, 2.75) is 26.4 Å². The Balaban J connectivity index is 2.00. The molecule has 0 bridgehead atoms. The maximum absolute atomic E-state index is 6.24. The minimum atomic E-state index is -0.0211. The number of rotatable bonds is 4. The van der Waals surface area contributed by atoms with Crippen molar-refractivity contribution < 1.29 is 0 Å². The molecule has 2 N–H and O–H groups in total. The normalized spacial score (nSPS) is 13.0. The molecular weight excluding hydrogens is 335 g/mol. The van der Waals surface area contributed by atoms with E-state index in [0.717, 1.165) is 17.2 Å². The maximum atomic E-state index is 6.24. The second-order valence-corrected chi connectivity index (χ2v) is 6.02. The lowest BCUT2D eigenvalue weighted by Crippen LogP contribution is -2.38. The monoisotopic (exact) mass is 354 g/mol.